The van der Waals surface area contributed by atoms with Gasteiger partial charge < -0.3 is 5.11 Å². The van der Waals surface area contributed by atoms with Crippen LogP contribution in [-0.2, 0) is 35.6 Å². The van der Waals surface area contributed by atoms with Crippen molar-refractivity contribution in [2.45, 2.75) is 38.6 Å². The van der Waals surface area contributed by atoms with Crippen molar-refractivity contribution in [1.82, 2.24) is 4.98 Å². The third-order valence-electron chi connectivity index (χ3n) is 5.69. The van der Waals surface area contributed by atoms with E-state index in [0.717, 1.165) is 6.92 Å². The van der Waals surface area contributed by atoms with Crippen LogP contribution in [0, 0.1) is 28.8 Å². The van der Waals surface area contributed by atoms with Crippen LogP contribution >= 0.6 is 0 Å². The molecular formula is C20H10CuF13N3O2. The van der Waals surface area contributed by atoms with E-state index in [0.29, 0.717) is 6.92 Å². The van der Waals surface area contributed by atoms with Gasteiger partial charge in [-0.2, -0.15) is 53.4 Å². The van der Waals surface area contributed by atoms with Crippen molar-refractivity contribution in [3.63, 3.8) is 0 Å². The summed E-state index contributed by atoms with van der Waals surface area (Å²) in [6.07, 6.45) is -20.0. The molecule has 0 spiro atoms. The third-order valence-corrected chi connectivity index (χ3v) is 5.69. The van der Waals surface area contributed by atoms with Gasteiger partial charge in [-0.15, -0.1) is 0 Å². The second-order valence-corrected chi connectivity index (χ2v) is 8.04. The maximum Gasteiger partial charge on any atom is 0.436 e. The van der Waals surface area contributed by atoms with E-state index in [4.69, 9.17) is 0 Å². The molecule has 1 aliphatic heterocycles. The molecule has 1 N–H and O–H groups in total. The summed E-state index contributed by atoms with van der Waals surface area (Å²) in [6, 6.07) is -0.647. The topological polar surface area (TPSA) is 65.8 Å². The molecule has 19 heteroatoms. The number of benzene rings is 1. The molecule has 1 aromatic heterocycles. The molecule has 0 amide bonds. The molecule has 2 atom stereocenters. The average molecular weight is 635 g/mol. The summed E-state index contributed by atoms with van der Waals surface area (Å²) in [6.45, 7) is 1.39. The number of hydrogen-bond acceptors (Lipinski definition) is 5. The molecule has 2 heterocycles. The molecule has 1 aromatic carbocycles. The number of carbonyl (C=O) groups excluding carboxylic acids is 1. The first-order valence-electron chi connectivity index (χ1n) is 9.72. The summed E-state index contributed by atoms with van der Waals surface area (Å²) in [5.74, 6) is -12.2. The van der Waals surface area contributed by atoms with Crippen LogP contribution in [0.1, 0.15) is 41.0 Å². The second kappa shape index (κ2) is 9.92. The molecule has 2 aromatic rings. The zero-order chi connectivity index (χ0) is 29.3. The van der Waals surface area contributed by atoms with Crippen molar-refractivity contribution in [2.75, 3.05) is 5.01 Å². The van der Waals surface area contributed by atoms with Gasteiger partial charge in [-0.05, 0) is 26.0 Å². The van der Waals surface area contributed by atoms with Gasteiger partial charge in [0.1, 0.15) is 16.9 Å². The van der Waals surface area contributed by atoms with E-state index in [-0.39, 0.29) is 34.2 Å². The summed E-state index contributed by atoms with van der Waals surface area (Å²) in [7, 11) is 0. The van der Waals surface area contributed by atoms with E-state index < -0.39 is 93.1 Å². The number of ketones is 1. The first kappa shape index (κ1) is 32.3. The first-order valence-corrected chi connectivity index (χ1v) is 9.72. The maximum atomic E-state index is 14.6. The Morgan fingerprint density at radius 1 is 0.872 bits per heavy atom. The second-order valence-electron chi connectivity index (χ2n) is 8.04. The summed E-state index contributed by atoms with van der Waals surface area (Å²) in [5, 5.41) is 13.6. The van der Waals surface area contributed by atoms with Gasteiger partial charge >= 0.3 is 18.5 Å². The number of Topliss-reactive ketones (excluding diaryl/α,β-unsaturated/α-hetero) is 1. The Morgan fingerprint density at radius 3 is 1.74 bits per heavy atom. The van der Waals surface area contributed by atoms with Gasteiger partial charge in [0.2, 0.25) is 5.82 Å². The third kappa shape index (κ3) is 5.30. The van der Waals surface area contributed by atoms with E-state index in [1.54, 1.807) is 0 Å². The van der Waals surface area contributed by atoms with Crippen LogP contribution in [0.3, 0.4) is 0 Å². The fourth-order valence-corrected chi connectivity index (χ4v) is 3.56. The Kier molecular flexibility index (Phi) is 8.22. The number of rotatable bonds is 3. The predicted octanol–water partition coefficient (Wildman–Crippen LogP) is 6.10. The maximum absolute atomic E-state index is 14.6. The number of nitrogens with zero attached hydrogens (tertiary/aromatic N) is 3. The minimum absolute atomic E-state index is 0. The zero-order valence-electron chi connectivity index (χ0n) is 18.6. The van der Waals surface area contributed by atoms with Crippen LogP contribution in [0.2, 0.25) is 0 Å². The van der Waals surface area contributed by atoms with Crippen LogP contribution in [0.15, 0.2) is 17.2 Å². The molecule has 0 fully saturated rings. The average Bonchev–Trinajstić information content (AvgIpc) is 2.98. The fraction of sp³-hybridized carbons (Fsp3) is 0.350. The van der Waals surface area contributed by atoms with Gasteiger partial charge in [-0.3, -0.25) is 4.79 Å². The van der Waals surface area contributed by atoms with Crippen molar-refractivity contribution < 1.29 is 84.0 Å². The SMILES string of the molecule is CC1=NN(c2c(F)c(F)nc(C(F)(F)F)c2F)C(O)C1(C)C(=O)c1cc(C(F)(F)F)c(F)c(C(F)(F)F)c1.[Cu]. The Hall–Kier alpha value is -2.92. The molecule has 0 saturated heterocycles. The predicted molar refractivity (Wildman–Crippen MR) is 99.5 cm³/mol. The van der Waals surface area contributed by atoms with E-state index in [1.165, 1.54) is 0 Å². The van der Waals surface area contributed by atoms with E-state index in [2.05, 4.69) is 10.1 Å². The molecule has 5 nitrogen and oxygen atoms in total. The number of hydrazone groups is 1. The number of carbonyl (C=O) groups is 1. The number of alkyl halides is 9. The molecular weight excluding hydrogens is 625 g/mol. The first-order chi connectivity index (χ1) is 17.0. The van der Waals surface area contributed by atoms with E-state index in [9.17, 15) is 67.0 Å². The molecule has 2 unspecified atom stereocenters. The van der Waals surface area contributed by atoms with Gasteiger partial charge in [-0.25, -0.2) is 18.8 Å². The van der Waals surface area contributed by atoms with Crippen molar-refractivity contribution in [3.05, 3.63) is 57.9 Å². The van der Waals surface area contributed by atoms with Gasteiger partial charge in [0.15, 0.2) is 23.5 Å². The number of aliphatic hydroxyl groups excluding tert-OH is 1. The minimum Gasteiger partial charge on any atom is -0.370 e. The van der Waals surface area contributed by atoms with Crippen LogP contribution in [0.5, 0.6) is 0 Å². The molecule has 0 bridgehead atoms. The van der Waals surface area contributed by atoms with Crippen LogP contribution in [-0.4, -0.2) is 27.8 Å². The smallest absolute Gasteiger partial charge is 0.370 e. The van der Waals surface area contributed by atoms with Crippen LogP contribution in [0.25, 0.3) is 0 Å². The molecule has 39 heavy (non-hydrogen) atoms. The largest absolute Gasteiger partial charge is 0.436 e. The number of anilines is 1. The van der Waals surface area contributed by atoms with Crippen molar-refractivity contribution >= 4 is 17.2 Å². The number of hydrogen-bond donors (Lipinski definition) is 1. The molecule has 3 rings (SSSR count). The quantitative estimate of drug-likeness (QED) is 0.192. The Labute approximate surface area is 218 Å². The number of aliphatic hydroxyl groups is 1. The van der Waals surface area contributed by atoms with Gasteiger partial charge in [0, 0.05) is 22.6 Å². The van der Waals surface area contributed by atoms with Crippen LogP contribution < -0.4 is 5.01 Å². The Morgan fingerprint density at radius 2 is 1.33 bits per heavy atom. The van der Waals surface area contributed by atoms with Gasteiger partial charge in [0.05, 0.1) is 16.8 Å². The summed E-state index contributed by atoms with van der Waals surface area (Å²) >= 11 is 0. The monoisotopic (exact) mass is 634 g/mol. The van der Waals surface area contributed by atoms with Gasteiger partial charge in [0.25, 0.3) is 5.95 Å². The fourth-order valence-electron chi connectivity index (χ4n) is 3.56. The zero-order valence-corrected chi connectivity index (χ0v) is 19.6. The van der Waals surface area contributed by atoms with Crippen molar-refractivity contribution in [2.24, 2.45) is 10.5 Å². The Bertz CT molecular complexity index is 1320. The minimum atomic E-state index is -5.75. The normalized spacial score (nSPS) is 20.2. The molecule has 1 aliphatic rings. The molecule has 219 valence electrons. The van der Waals surface area contributed by atoms with Crippen molar-refractivity contribution in [1.29, 1.82) is 0 Å². The molecule has 0 saturated carbocycles. The number of pyridine rings is 1. The standard InChI is InChI=1S/C20H10F13N3O2.Cu/c1-5-17(2,14(37)6-3-7(18(25,26)27)9(21)8(4-6)19(28,29)30)16(38)36(35-5)12-10(22)13(20(31,32)33)34-15(24)11(12)23;/h3-4,16,38H,1-2H3;. The number of halogens is 13. The van der Waals surface area contributed by atoms with E-state index in [1.807, 2.05) is 0 Å². The van der Waals surface area contributed by atoms with Gasteiger partial charge in [-0.1, -0.05) is 0 Å². The van der Waals surface area contributed by atoms with E-state index >= 15 is 0 Å². The molecule has 0 aliphatic carbocycles. The van der Waals surface area contributed by atoms with Crippen LogP contribution in [0.4, 0.5) is 62.8 Å². The molecule has 1 radical (unpaired) electrons. The Balaban J connectivity index is 0.00000533. The summed E-state index contributed by atoms with van der Waals surface area (Å²) < 4.78 is 175. The number of aromatic nitrogens is 1. The summed E-state index contributed by atoms with van der Waals surface area (Å²) in [5.41, 5.74) is -14.7. The summed E-state index contributed by atoms with van der Waals surface area (Å²) in [4.78, 5) is 15.2. The van der Waals surface area contributed by atoms with Crippen molar-refractivity contribution in [3.8, 4) is 0 Å².